The predicted molar refractivity (Wildman–Crippen MR) is 108 cm³/mol. The number of anilines is 1. The number of nitro benzene ring substituents is 1. The van der Waals surface area contributed by atoms with E-state index < -0.39 is 23.4 Å². The molecular weight excluding hydrogens is 484 g/mol. The van der Waals surface area contributed by atoms with Crippen LogP contribution in [0.5, 0.6) is 0 Å². The average Bonchev–Trinajstić information content (AvgIpc) is 2.62. The number of aryl methyl sites for hydroxylation is 1. The van der Waals surface area contributed by atoms with Crippen LogP contribution in [0, 0.1) is 17.0 Å². The summed E-state index contributed by atoms with van der Waals surface area (Å²) < 4.78 is 5.53. The third kappa shape index (κ3) is 6.30. The Bertz CT molecular complexity index is 887. The molecule has 0 heterocycles. The van der Waals surface area contributed by atoms with Crippen LogP contribution in [-0.2, 0) is 14.3 Å². The van der Waals surface area contributed by atoms with Gasteiger partial charge in [0.25, 0.3) is 11.6 Å². The van der Waals surface area contributed by atoms with Crippen LogP contribution in [0.25, 0.3) is 6.08 Å². The predicted octanol–water partition coefficient (Wildman–Crippen LogP) is 4.62. The van der Waals surface area contributed by atoms with Crippen molar-refractivity contribution < 1.29 is 19.2 Å². The molecule has 7 nitrogen and oxygen atoms in total. The lowest BCUT2D eigenvalue weighted by atomic mass is 10.1. The standard InChI is InChI=1S/C18H14Br2N2O5/c1-11-2-4-12(5-3-11)6-7-17(24)27-10-16(23)21-18-14(19)8-13(22(25)26)9-15(18)20/h2-9H,10H2,1H3,(H,21,23)/b7-6+. The van der Waals surface area contributed by atoms with E-state index >= 15 is 0 Å². The number of nitrogens with zero attached hydrogens (tertiary/aromatic N) is 1. The molecule has 0 spiro atoms. The molecule has 0 radical (unpaired) electrons. The Labute approximate surface area is 171 Å². The van der Waals surface area contributed by atoms with Crippen LogP contribution in [0.15, 0.2) is 51.4 Å². The van der Waals surface area contributed by atoms with Crippen molar-refractivity contribution in [2.75, 3.05) is 11.9 Å². The molecule has 140 valence electrons. The minimum absolute atomic E-state index is 0.139. The fraction of sp³-hybridized carbons (Fsp3) is 0.111. The Morgan fingerprint density at radius 3 is 2.33 bits per heavy atom. The third-order valence-electron chi connectivity index (χ3n) is 3.34. The molecular formula is C18H14Br2N2O5. The number of hydrogen-bond donors (Lipinski definition) is 1. The number of carbonyl (C=O) groups excluding carboxylic acids is 2. The van der Waals surface area contributed by atoms with Gasteiger partial charge in [-0.15, -0.1) is 0 Å². The number of rotatable bonds is 6. The van der Waals surface area contributed by atoms with Gasteiger partial charge in [-0.1, -0.05) is 29.8 Å². The van der Waals surface area contributed by atoms with Gasteiger partial charge in [0.05, 0.1) is 10.6 Å². The molecule has 0 atom stereocenters. The van der Waals surface area contributed by atoms with Crippen LogP contribution >= 0.6 is 31.9 Å². The van der Waals surface area contributed by atoms with Crippen LogP contribution in [0.2, 0.25) is 0 Å². The summed E-state index contributed by atoms with van der Waals surface area (Å²) in [5, 5.41) is 13.3. The lowest BCUT2D eigenvalue weighted by molar-refractivity contribution is -0.385. The van der Waals surface area contributed by atoms with E-state index in [2.05, 4.69) is 37.2 Å². The first-order chi connectivity index (χ1) is 12.8. The van der Waals surface area contributed by atoms with Gasteiger partial charge in [-0.2, -0.15) is 0 Å². The molecule has 2 aromatic rings. The highest BCUT2D eigenvalue weighted by Crippen LogP contribution is 2.35. The highest BCUT2D eigenvalue weighted by Gasteiger charge is 2.16. The molecule has 1 amide bonds. The Balaban J connectivity index is 1.91. The molecule has 2 rings (SSSR count). The van der Waals surface area contributed by atoms with E-state index in [-0.39, 0.29) is 5.69 Å². The Morgan fingerprint density at radius 2 is 1.78 bits per heavy atom. The maximum Gasteiger partial charge on any atom is 0.331 e. The number of nitro groups is 1. The van der Waals surface area contributed by atoms with E-state index in [4.69, 9.17) is 4.74 Å². The lowest BCUT2D eigenvalue weighted by Crippen LogP contribution is -2.20. The summed E-state index contributed by atoms with van der Waals surface area (Å²) in [5.74, 6) is -1.24. The second-order valence-electron chi connectivity index (χ2n) is 5.44. The molecule has 1 N–H and O–H groups in total. The average molecular weight is 498 g/mol. The smallest absolute Gasteiger partial charge is 0.331 e. The first-order valence-corrected chi connectivity index (χ1v) is 9.19. The van der Waals surface area contributed by atoms with Gasteiger partial charge in [0.2, 0.25) is 0 Å². The Hall–Kier alpha value is -2.52. The van der Waals surface area contributed by atoms with Crippen molar-refractivity contribution in [1.29, 1.82) is 0 Å². The van der Waals surface area contributed by atoms with Crippen molar-refractivity contribution in [3.05, 3.63) is 72.7 Å². The molecule has 0 fully saturated rings. The summed E-state index contributed by atoms with van der Waals surface area (Å²) in [7, 11) is 0. The summed E-state index contributed by atoms with van der Waals surface area (Å²) >= 11 is 6.32. The summed E-state index contributed by atoms with van der Waals surface area (Å²) in [6.07, 6.45) is 2.82. The van der Waals surface area contributed by atoms with E-state index in [0.29, 0.717) is 14.6 Å². The van der Waals surface area contributed by atoms with Gasteiger partial charge in [0, 0.05) is 27.2 Å². The summed E-state index contributed by atoms with van der Waals surface area (Å²) in [6.45, 7) is 1.47. The largest absolute Gasteiger partial charge is 0.452 e. The monoisotopic (exact) mass is 496 g/mol. The van der Waals surface area contributed by atoms with Crippen LogP contribution in [0.1, 0.15) is 11.1 Å². The zero-order valence-corrected chi connectivity index (χ0v) is 17.2. The Kier molecular flexibility index (Phi) is 7.26. The zero-order valence-electron chi connectivity index (χ0n) is 14.1. The van der Waals surface area contributed by atoms with Gasteiger partial charge in [-0.05, 0) is 50.4 Å². The van der Waals surface area contributed by atoms with Gasteiger partial charge < -0.3 is 10.1 Å². The zero-order chi connectivity index (χ0) is 20.0. The molecule has 0 saturated carbocycles. The Morgan fingerprint density at radius 1 is 1.19 bits per heavy atom. The topological polar surface area (TPSA) is 98.5 Å². The molecule has 0 saturated heterocycles. The maximum absolute atomic E-state index is 12.0. The van der Waals surface area contributed by atoms with Gasteiger partial charge >= 0.3 is 5.97 Å². The number of benzene rings is 2. The van der Waals surface area contributed by atoms with Crippen molar-refractivity contribution in [2.24, 2.45) is 0 Å². The highest BCUT2D eigenvalue weighted by atomic mass is 79.9. The van der Waals surface area contributed by atoms with Crippen LogP contribution in [-0.4, -0.2) is 23.4 Å². The van der Waals surface area contributed by atoms with Crippen molar-refractivity contribution in [3.8, 4) is 0 Å². The molecule has 0 bridgehead atoms. The number of ether oxygens (including phenoxy) is 1. The summed E-state index contributed by atoms with van der Waals surface area (Å²) in [5.41, 5.74) is 2.10. The molecule has 2 aromatic carbocycles. The second-order valence-corrected chi connectivity index (χ2v) is 7.15. The molecule has 0 aliphatic rings. The molecule has 9 heteroatoms. The first-order valence-electron chi connectivity index (χ1n) is 7.61. The minimum Gasteiger partial charge on any atom is -0.452 e. The van der Waals surface area contributed by atoms with Gasteiger partial charge in [0.15, 0.2) is 6.61 Å². The fourth-order valence-electron chi connectivity index (χ4n) is 1.99. The summed E-state index contributed by atoms with van der Waals surface area (Å²) in [6, 6.07) is 10.1. The second kappa shape index (κ2) is 9.43. The molecule has 0 unspecified atom stereocenters. The fourth-order valence-corrected chi connectivity index (χ4v) is 3.35. The first kappa shape index (κ1) is 20.8. The van der Waals surface area contributed by atoms with Crippen molar-refractivity contribution in [1.82, 2.24) is 0 Å². The number of non-ortho nitro benzene ring substituents is 1. The number of carbonyl (C=O) groups is 2. The van der Waals surface area contributed by atoms with Gasteiger partial charge in [0.1, 0.15) is 0 Å². The van der Waals surface area contributed by atoms with Crippen LogP contribution < -0.4 is 5.32 Å². The number of esters is 1. The van der Waals surface area contributed by atoms with E-state index in [1.165, 1.54) is 18.2 Å². The number of amides is 1. The van der Waals surface area contributed by atoms with Crippen molar-refractivity contribution in [2.45, 2.75) is 6.92 Å². The summed E-state index contributed by atoms with van der Waals surface area (Å²) in [4.78, 5) is 33.9. The van der Waals surface area contributed by atoms with E-state index in [1.54, 1.807) is 6.08 Å². The SMILES string of the molecule is Cc1ccc(/C=C/C(=O)OCC(=O)Nc2c(Br)cc([N+](=O)[O-])cc2Br)cc1. The normalized spacial score (nSPS) is 10.6. The quantitative estimate of drug-likeness (QED) is 0.271. The maximum atomic E-state index is 12.0. The third-order valence-corrected chi connectivity index (χ3v) is 4.59. The highest BCUT2D eigenvalue weighted by molar-refractivity contribution is 9.11. The molecule has 0 aliphatic heterocycles. The van der Waals surface area contributed by atoms with E-state index in [0.717, 1.165) is 11.1 Å². The van der Waals surface area contributed by atoms with Crippen LogP contribution in [0.4, 0.5) is 11.4 Å². The molecule has 27 heavy (non-hydrogen) atoms. The van der Waals surface area contributed by atoms with Crippen LogP contribution in [0.3, 0.4) is 0 Å². The van der Waals surface area contributed by atoms with Crippen molar-refractivity contribution >= 4 is 61.2 Å². The van der Waals surface area contributed by atoms with E-state index in [9.17, 15) is 19.7 Å². The van der Waals surface area contributed by atoms with Gasteiger partial charge in [-0.3, -0.25) is 14.9 Å². The van der Waals surface area contributed by atoms with Gasteiger partial charge in [-0.25, -0.2) is 4.79 Å². The number of nitrogens with one attached hydrogen (secondary N) is 1. The lowest BCUT2D eigenvalue weighted by Gasteiger charge is -2.09. The number of halogens is 2. The molecule has 0 aromatic heterocycles. The van der Waals surface area contributed by atoms with Crippen molar-refractivity contribution in [3.63, 3.8) is 0 Å². The van der Waals surface area contributed by atoms with E-state index in [1.807, 2.05) is 31.2 Å². The number of hydrogen-bond acceptors (Lipinski definition) is 5. The minimum atomic E-state index is -0.660. The molecule has 0 aliphatic carbocycles.